The number of rotatable bonds is 8. The quantitative estimate of drug-likeness (QED) is 0.534. The molecule has 1 atom stereocenters. The van der Waals surface area contributed by atoms with E-state index in [0.29, 0.717) is 29.9 Å². The molecule has 0 aliphatic rings. The molecule has 2 rings (SSSR count). The van der Waals surface area contributed by atoms with Gasteiger partial charge in [0.1, 0.15) is 5.75 Å². The third-order valence-electron chi connectivity index (χ3n) is 3.49. The van der Waals surface area contributed by atoms with Crippen LogP contribution in [-0.4, -0.2) is 18.4 Å². The Hall–Kier alpha value is -2.62. The van der Waals surface area contributed by atoms with Gasteiger partial charge in [0.25, 0.3) is 0 Å². The Labute approximate surface area is 142 Å². The molecule has 4 heteroatoms. The van der Waals surface area contributed by atoms with Gasteiger partial charge in [-0.05, 0) is 25.5 Å². The van der Waals surface area contributed by atoms with Crippen molar-refractivity contribution in [2.24, 2.45) is 0 Å². The van der Waals surface area contributed by atoms with Gasteiger partial charge in [0.2, 0.25) is 5.78 Å². The van der Waals surface area contributed by atoms with E-state index in [2.05, 4.69) is 0 Å². The molecule has 0 bridgehead atoms. The predicted octanol–water partition coefficient (Wildman–Crippen LogP) is 4.35. The molecule has 0 radical (unpaired) electrons. The van der Waals surface area contributed by atoms with E-state index in [1.54, 1.807) is 48.5 Å². The Morgan fingerprint density at radius 3 is 2.21 bits per heavy atom. The summed E-state index contributed by atoms with van der Waals surface area (Å²) in [5, 5.41) is 0. The molecule has 126 valence electrons. The molecule has 2 aromatic carbocycles. The summed E-state index contributed by atoms with van der Waals surface area (Å²) in [6.07, 6.45) is 0.0198. The van der Waals surface area contributed by atoms with E-state index in [-0.39, 0.29) is 18.2 Å². The number of hydrogen-bond donors (Lipinski definition) is 0. The molecule has 0 fully saturated rings. The van der Waals surface area contributed by atoms with Crippen LogP contribution in [0.15, 0.2) is 54.6 Å². The van der Waals surface area contributed by atoms with Crippen molar-refractivity contribution < 1.29 is 19.1 Å². The van der Waals surface area contributed by atoms with Gasteiger partial charge in [0.15, 0.2) is 6.10 Å². The number of ether oxygens (including phenoxy) is 2. The summed E-state index contributed by atoms with van der Waals surface area (Å²) in [5.74, 6) is 0.108. The molecule has 0 aromatic heterocycles. The van der Waals surface area contributed by atoms with E-state index in [0.717, 1.165) is 0 Å². The fourth-order valence-corrected chi connectivity index (χ4v) is 2.33. The average Bonchev–Trinajstić information content (AvgIpc) is 2.61. The molecule has 0 spiro atoms. The van der Waals surface area contributed by atoms with Crippen LogP contribution in [0.5, 0.6) is 5.75 Å². The minimum Gasteiger partial charge on any atom is -0.494 e. The van der Waals surface area contributed by atoms with Gasteiger partial charge in [0.05, 0.1) is 6.61 Å². The van der Waals surface area contributed by atoms with Crippen molar-refractivity contribution >= 4 is 11.8 Å². The minimum absolute atomic E-state index is 0.232. The monoisotopic (exact) mass is 326 g/mol. The first-order valence-electron chi connectivity index (χ1n) is 8.17. The standard InChI is InChI=1S/C20H22O4/c1-3-8-18(21)24-20(19(22)15-9-6-5-7-10-15)16-11-13-17(14-12-16)23-4-2/h5-7,9-14,20H,3-4,8H2,1-2H3/t20-/m0/s1. The fraction of sp³-hybridized carbons (Fsp3) is 0.300. The van der Waals surface area contributed by atoms with Crippen LogP contribution in [0.1, 0.15) is 48.7 Å². The highest BCUT2D eigenvalue weighted by molar-refractivity contribution is 6.01. The summed E-state index contributed by atoms with van der Waals surface area (Å²) in [4.78, 5) is 24.7. The van der Waals surface area contributed by atoms with Crippen molar-refractivity contribution in [2.45, 2.75) is 32.8 Å². The normalized spacial score (nSPS) is 11.6. The van der Waals surface area contributed by atoms with Crippen molar-refractivity contribution in [2.75, 3.05) is 6.61 Å². The molecule has 0 N–H and O–H groups in total. The van der Waals surface area contributed by atoms with E-state index < -0.39 is 6.10 Å². The number of carbonyl (C=O) groups excluding carboxylic acids is 2. The Kier molecular flexibility index (Phi) is 6.55. The van der Waals surface area contributed by atoms with E-state index in [4.69, 9.17) is 9.47 Å². The van der Waals surface area contributed by atoms with Crippen molar-refractivity contribution in [3.8, 4) is 5.75 Å². The summed E-state index contributed by atoms with van der Waals surface area (Å²) in [7, 11) is 0. The van der Waals surface area contributed by atoms with Crippen molar-refractivity contribution in [1.82, 2.24) is 0 Å². The molecule has 0 amide bonds. The van der Waals surface area contributed by atoms with Gasteiger partial charge in [-0.25, -0.2) is 0 Å². The van der Waals surface area contributed by atoms with E-state index in [9.17, 15) is 9.59 Å². The Bertz CT molecular complexity index is 662. The van der Waals surface area contributed by atoms with E-state index in [1.165, 1.54) is 0 Å². The summed E-state index contributed by atoms with van der Waals surface area (Å²) in [6.45, 7) is 4.37. The third-order valence-corrected chi connectivity index (χ3v) is 3.49. The van der Waals surface area contributed by atoms with Crippen LogP contribution in [-0.2, 0) is 9.53 Å². The summed E-state index contributed by atoms with van der Waals surface area (Å²) in [5.41, 5.74) is 1.15. The number of Topliss-reactive ketones (excluding diaryl/α,β-unsaturated/α-hetero) is 1. The lowest BCUT2D eigenvalue weighted by Gasteiger charge is -2.18. The van der Waals surface area contributed by atoms with Gasteiger partial charge in [-0.3, -0.25) is 9.59 Å². The van der Waals surface area contributed by atoms with Crippen LogP contribution in [0.25, 0.3) is 0 Å². The van der Waals surface area contributed by atoms with Crippen LogP contribution in [0.4, 0.5) is 0 Å². The largest absolute Gasteiger partial charge is 0.494 e. The number of ketones is 1. The summed E-state index contributed by atoms with van der Waals surface area (Å²) >= 11 is 0. The van der Waals surface area contributed by atoms with Crippen LogP contribution in [0.2, 0.25) is 0 Å². The lowest BCUT2D eigenvalue weighted by atomic mass is 9.99. The van der Waals surface area contributed by atoms with Gasteiger partial charge >= 0.3 is 5.97 Å². The Balaban J connectivity index is 2.28. The van der Waals surface area contributed by atoms with E-state index >= 15 is 0 Å². The fourth-order valence-electron chi connectivity index (χ4n) is 2.33. The molecule has 0 saturated carbocycles. The van der Waals surface area contributed by atoms with E-state index in [1.807, 2.05) is 19.9 Å². The SMILES string of the molecule is CCCC(=O)O[C@H](C(=O)c1ccccc1)c1ccc(OCC)cc1. The zero-order chi connectivity index (χ0) is 17.4. The molecule has 0 aliphatic carbocycles. The Morgan fingerprint density at radius 2 is 1.62 bits per heavy atom. The smallest absolute Gasteiger partial charge is 0.306 e. The second-order valence-corrected chi connectivity index (χ2v) is 5.35. The molecule has 4 nitrogen and oxygen atoms in total. The molecule has 24 heavy (non-hydrogen) atoms. The maximum absolute atomic E-state index is 12.8. The zero-order valence-electron chi connectivity index (χ0n) is 14.0. The number of esters is 1. The van der Waals surface area contributed by atoms with Crippen LogP contribution >= 0.6 is 0 Å². The van der Waals surface area contributed by atoms with Gasteiger partial charge in [-0.1, -0.05) is 49.4 Å². The summed E-state index contributed by atoms with van der Waals surface area (Å²) in [6, 6.07) is 15.9. The Morgan fingerprint density at radius 1 is 0.958 bits per heavy atom. The van der Waals surface area contributed by atoms with Crippen LogP contribution in [0.3, 0.4) is 0 Å². The van der Waals surface area contributed by atoms with Crippen LogP contribution < -0.4 is 4.74 Å². The second kappa shape index (κ2) is 8.87. The second-order valence-electron chi connectivity index (χ2n) is 5.35. The highest BCUT2D eigenvalue weighted by Gasteiger charge is 2.25. The first-order chi connectivity index (χ1) is 11.7. The van der Waals surface area contributed by atoms with Gasteiger partial charge in [-0.2, -0.15) is 0 Å². The molecule has 0 saturated heterocycles. The molecular formula is C20H22O4. The van der Waals surface area contributed by atoms with Crippen molar-refractivity contribution in [3.63, 3.8) is 0 Å². The lowest BCUT2D eigenvalue weighted by molar-refractivity contribution is -0.147. The molecule has 0 heterocycles. The van der Waals surface area contributed by atoms with Crippen molar-refractivity contribution in [3.05, 3.63) is 65.7 Å². The van der Waals surface area contributed by atoms with Crippen LogP contribution in [0, 0.1) is 0 Å². The molecular weight excluding hydrogens is 304 g/mol. The maximum Gasteiger partial charge on any atom is 0.306 e. The highest BCUT2D eigenvalue weighted by Crippen LogP contribution is 2.25. The topological polar surface area (TPSA) is 52.6 Å². The number of benzene rings is 2. The molecule has 2 aromatic rings. The predicted molar refractivity (Wildman–Crippen MR) is 92.1 cm³/mol. The van der Waals surface area contributed by atoms with Gasteiger partial charge < -0.3 is 9.47 Å². The first kappa shape index (κ1) is 17.7. The summed E-state index contributed by atoms with van der Waals surface area (Å²) < 4.78 is 10.9. The lowest BCUT2D eigenvalue weighted by Crippen LogP contribution is -2.20. The zero-order valence-corrected chi connectivity index (χ0v) is 14.0. The first-order valence-corrected chi connectivity index (χ1v) is 8.17. The highest BCUT2D eigenvalue weighted by atomic mass is 16.5. The molecule has 0 aliphatic heterocycles. The number of carbonyl (C=O) groups is 2. The van der Waals surface area contributed by atoms with Gasteiger partial charge in [-0.15, -0.1) is 0 Å². The third kappa shape index (κ3) is 4.69. The maximum atomic E-state index is 12.8. The average molecular weight is 326 g/mol. The van der Waals surface area contributed by atoms with Gasteiger partial charge in [0, 0.05) is 17.5 Å². The number of hydrogen-bond acceptors (Lipinski definition) is 4. The minimum atomic E-state index is -0.942. The molecule has 0 unspecified atom stereocenters. The van der Waals surface area contributed by atoms with Crippen molar-refractivity contribution in [1.29, 1.82) is 0 Å².